The summed E-state index contributed by atoms with van der Waals surface area (Å²) in [6.07, 6.45) is 3.79. The fourth-order valence-corrected chi connectivity index (χ4v) is 7.12. The highest BCUT2D eigenvalue weighted by Crippen LogP contribution is 2.48. The maximum Gasteiger partial charge on any atom is 0.306 e. The Morgan fingerprint density at radius 2 is 1.56 bits per heavy atom. The summed E-state index contributed by atoms with van der Waals surface area (Å²) in [5, 5.41) is 6.28. The van der Waals surface area contributed by atoms with E-state index in [-0.39, 0.29) is 41.8 Å². The van der Waals surface area contributed by atoms with Gasteiger partial charge in [0.1, 0.15) is 5.75 Å². The zero-order valence-electron chi connectivity index (χ0n) is 28.2. The quantitative estimate of drug-likeness (QED) is 0.197. The van der Waals surface area contributed by atoms with Gasteiger partial charge in [-0.3, -0.25) is 19.2 Å². The number of hydrogen-bond acceptors (Lipinski definition) is 6. The van der Waals surface area contributed by atoms with E-state index in [0.29, 0.717) is 75.9 Å². The Kier molecular flexibility index (Phi) is 11.5. The fourth-order valence-electron chi connectivity index (χ4n) is 7.12. The van der Waals surface area contributed by atoms with Crippen LogP contribution in [-0.2, 0) is 24.5 Å². The van der Waals surface area contributed by atoms with E-state index in [1.807, 2.05) is 85.5 Å². The Bertz CT molecular complexity index is 1580. The van der Waals surface area contributed by atoms with Crippen LogP contribution in [0.3, 0.4) is 0 Å². The standard InChI is InChI=1S/C39H47N3O6/c1-27(2)48-35(43)19-11-12-24-40-38(46)39(28-13-5-4-6-14-28)23-20-31(30-15-7-9-17-33(30)39)37(45)42-25-21-29(22-26-42)41-36(44)32-16-8-10-18-34(32)47-3/h4-10,13-18,27,29,31H,11-12,19-26H2,1-3H3,(H,40,46)(H,41,44)/t31-,39+/m0/s1. The molecule has 9 nitrogen and oxygen atoms in total. The molecular weight excluding hydrogens is 606 g/mol. The lowest BCUT2D eigenvalue weighted by Crippen LogP contribution is -2.51. The average Bonchev–Trinajstić information content (AvgIpc) is 3.11. The number of benzene rings is 3. The largest absolute Gasteiger partial charge is 0.496 e. The number of nitrogens with zero attached hydrogens (tertiary/aromatic N) is 1. The summed E-state index contributed by atoms with van der Waals surface area (Å²) in [5.74, 6) is -0.269. The molecule has 1 aliphatic heterocycles. The lowest BCUT2D eigenvalue weighted by molar-refractivity contribution is -0.147. The predicted octanol–water partition coefficient (Wildman–Crippen LogP) is 5.52. The number of likely N-dealkylation sites (tertiary alicyclic amines) is 1. The van der Waals surface area contributed by atoms with Gasteiger partial charge in [-0.05, 0) is 81.2 Å². The molecule has 0 bridgehead atoms. The van der Waals surface area contributed by atoms with Crippen LogP contribution >= 0.6 is 0 Å². The van der Waals surface area contributed by atoms with Gasteiger partial charge in [0.25, 0.3) is 5.91 Å². The van der Waals surface area contributed by atoms with Crippen molar-refractivity contribution in [2.75, 3.05) is 26.7 Å². The molecule has 254 valence electrons. The van der Waals surface area contributed by atoms with Crippen LogP contribution in [-0.4, -0.2) is 67.5 Å². The number of unbranched alkanes of at least 4 members (excludes halogenated alkanes) is 1. The summed E-state index contributed by atoms with van der Waals surface area (Å²) in [4.78, 5) is 55.2. The molecule has 0 unspecified atom stereocenters. The first kappa shape index (κ1) is 34.7. The highest BCUT2D eigenvalue weighted by Gasteiger charge is 2.48. The van der Waals surface area contributed by atoms with Gasteiger partial charge in [0.15, 0.2) is 0 Å². The predicted molar refractivity (Wildman–Crippen MR) is 184 cm³/mol. The first-order chi connectivity index (χ1) is 23.2. The Balaban J connectivity index is 1.27. The van der Waals surface area contributed by atoms with E-state index in [0.717, 1.165) is 16.7 Å². The van der Waals surface area contributed by atoms with E-state index in [4.69, 9.17) is 9.47 Å². The summed E-state index contributed by atoms with van der Waals surface area (Å²) >= 11 is 0. The number of piperidine rings is 1. The Hall–Kier alpha value is -4.66. The fraction of sp³-hybridized carbons (Fsp3) is 0.436. The lowest BCUT2D eigenvalue weighted by Gasteiger charge is -2.42. The maximum atomic E-state index is 14.2. The van der Waals surface area contributed by atoms with Gasteiger partial charge in [-0.15, -0.1) is 0 Å². The number of methoxy groups -OCH3 is 1. The van der Waals surface area contributed by atoms with Gasteiger partial charge in [0.2, 0.25) is 11.8 Å². The Morgan fingerprint density at radius 3 is 2.29 bits per heavy atom. The molecule has 3 amide bonds. The van der Waals surface area contributed by atoms with Crippen molar-refractivity contribution in [1.29, 1.82) is 0 Å². The number of nitrogens with one attached hydrogen (secondary N) is 2. The SMILES string of the molecule is COc1ccccc1C(=O)NC1CCN(C(=O)[C@H]2CC[C@@](C(=O)NCCCCC(=O)OC(C)C)(c3ccccc3)c3ccccc32)CC1. The zero-order chi connectivity index (χ0) is 34.1. The number of ether oxygens (including phenoxy) is 2. The number of fused-ring (bicyclic) bond motifs is 1. The number of carbonyl (C=O) groups is 4. The second-order valence-corrected chi connectivity index (χ2v) is 13.0. The van der Waals surface area contributed by atoms with E-state index < -0.39 is 5.41 Å². The molecule has 1 aliphatic carbocycles. The highest BCUT2D eigenvalue weighted by molar-refractivity contribution is 5.97. The third-order valence-corrected chi connectivity index (χ3v) is 9.51. The molecule has 0 saturated carbocycles. The van der Waals surface area contributed by atoms with Crippen LogP contribution in [0.2, 0.25) is 0 Å². The Labute approximate surface area is 283 Å². The average molecular weight is 654 g/mol. The van der Waals surface area contributed by atoms with E-state index in [2.05, 4.69) is 10.6 Å². The molecule has 1 fully saturated rings. The summed E-state index contributed by atoms with van der Waals surface area (Å²) in [6.45, 7) is 5.19. The maximum absolute atomic E-state index is 14.2. The number of para-hydroxylation sites is 1. The number of amides is 3. The monoisotopic (exact) mass is 653 g/mol. The van der Waals surface area contributed by atoms with Gasteiger partial charge in [-0.2, -0.15) is 0 Å². The molecule has 3 aromatic rings. The zero-order valence-corrected chi connectivity index (χ0v) is 28.2. The second-order valence-electron chi connectivity index (χ2n) is 13.0. The van der Waals surface area contributed by atoms with Gasteiger partial charge < -0.3 is 25.0 Å². The topological polar surface area (TPSA) is 114 Å². The first-order valence-corrected chi connectivity index (χ1v) is 17.1. The highest BCUT2D eigenvalue weighted by atomic mass is 16.5. The van der Waals surface area contributed by atoms with Crippen molar-refractivity contribution < 1.29 is 28.7 Å². The van der Waals surface area contributed by atoms with E-state index >= 15 is 0 Å². The van der Waals surface area contributed by atoms with Crippen LogP contribution in [0.15, 0.2) is 78.9 Å². The van der Waals surface area contributed by atoms with Gasteiger partial charge in [-0.25, -0.2) is 0 Å². The van der Waals surface area contributed by atoms with Crippen LogP contribution < -0.4 is 15.4 Å². The van der Waals surface area contributed by atoms with E-state index in [9.17, 15) is 19.2 Å². The minimum Gasteiger partial charge on any atom is -0.496 e. The molecule has 0 aromatic heterocycles. The number of carbonyl (C=O) groups excluding carboxylic acids is 4. The summed E-state index contributed by atoms with van der Waals surface area (Å²) in [6, 6.07) is 24.8. The summed E-state index contributed by atoms with van der Waals surface area (Å²) < 4.78 is 10.6. The van der Waals surface area contributed by atoms with Crippen molar-refractivity contribution in [3.63, 3.8) is 0 Å². The molecule has 2 atom stereocenters. The molecule has 5 rings (SSSR count). The van der Waals surface area contributed by atoms with Crippen molar-refractivity contribution in [3.05, 3.63) is 101 Å². The first-order valence-electron chi connectivity index (χ1n) is 17.1. The number of rotatable bonds is 12. The van der Waals surface area contributed by atoms with Crippen LogP contribution in [0.25, 0.3) is 0 Å². The molecule has 0 radical (unpaired) electrons. The van der Waals surface area contributed by atoms with Crippen LogP contribution in [0, 0.1) is 0 Å². The van der Waals surface area contributed by atoms with Crippen LogP contribution in [0.5, 0.6) is 5.75 Å². The van der Waals surface area contributed by atoms with Crippen molar-refractivity contribution in [2.45, 2.75) is 82.3 Å². The van der Waals surface area contributed by atoms with Crippen LogP contribution in [0.4, 0.5) is 0 Å². The number of hydrogen-bond donors (Lipinski definition) is 2. The smallest absolute Gasteiger partial charge is 0.306 e. The van der Waals surface area contributed by atoms with Gasteiger partial charge in [0.05, 0.1) is 30.1 Å². The molecule has 1 saturated heterocycles. The summed E-state index contributed by atoms with van der Waals surface area (Å²) in [7, 11) is 1.55. The normalized spacial score (nSPS) is 19.2. The Morgan fingerprint density at radius 1 is 0.875 bits per heavy atom. The molecule has 1 heterocycles. The van der Waals surface area contributed by atoms with Gasteiger partial charge in [-0.1, -0.05) is 66.7 Å². The van der Waals surface area contributed by atoms with Crippen molar-refractivity contribution in [2.24, 2.45) is 0 Å². The second kappa shape index (κ2) is 16.0. The minimum absolute atomic E-state index is 0.0413. The molecular formula is C39H47N3O6. The number of esters is 1. The molecule has 2 N–H and O–H groups in total. The molecule has 0 spiro atoms. The third-order valence-electron chi connectivity index (χ3n) is 9.51. The molecule has 9 heteroatoms. The lowest BCUT2D eigenvalue weighted by atomic mass is 9.62. The summed E-state index contributed by atoms with van der Waals surface area (Å²) in [5.41, 5.74) is 2.19. The van der Waals surface area contributed by atoms with Gasteiger partial charge >= 0.3 is 5.97 Å². The molecule has 3 aromatic carbocycles. The van der Waals surface area contributed by atoms with Crippen LogP contribution in [0.1, 0.15) is 91.8 Å². The minimum atomic E-state index is -0.943. The molecule has 2 aliphatic rings. The van der Waals surface area contributed by atoms with Crippen molar-refractivity contribution >= 4 is 23.7 Å². The van der Waals surface area contributed by atoms with Gasteiger partial charge in [0, 0.05) is 32.1 Å². The third kappa shape index (κ3) is 7.72. The van der Waals surface area contributed by atoms with Crippen molar-refractivity contribution in [3.8, 4) is 5.75 Å². The van der Waals surface area contributed by atoms with E-state index in [1.165, 1.54) is 0 Å². The molecule has 48 heavy (non-hydrogen) atoms. The van der Waals surface area contributed by atoms with Crippen molar-refractivity contribution in [1.82, 2.24) is 15.5 Å². The van der Waals surface area contributed by atoms with E-state index in [1.54, 1.807) is 19.2 Å².